The van der Waals surface area contributed by atoms with Gasteiger partial charge in [0, 0.05) is 35.5 Å². The number of amides is 2. The minimum Gasteiger partial charge on any atom is -1.00 e. The van der Waals surface area contributed by atoms with Gasteiger partial charge >= 0.3 is 12.0 Å². The summed E-state index contributed by atoms with van der Waals surface area (Å²) in [5.74, 6) is -2.47. The lowest BCUT2D eigenvalue weighted by Crippen LogP contribution is -3.00. The largest absolute Gasteiger partial charge is 1.00 e. The molecule has 1 fully saturated rings. The smallest absolute Gasteiger partial charge is 0.324 e. The van der Waals surface area contributed by atoms with Crippen molar-refractivity contribution in [3.8, 4) is 5.69 Å². The molecule has 5 rings (SSSR count). The fourth-order valence-electron chi connectivity index (χ4n) is 4.82. The summed E-state index contributed by atoms with van der Waals surface area (Å²) in [6.45, 7) is 5.19. The first-order chi connectivity index (χ1) is 20.1. The van der Waals surface area contributed by atoms with Gasteiger partial charge < -0.3 is 38.7 Å². The van der Waals surface area contributed by atoms with Crippen molar-refractivity contribution >= 4 is 17.7 Å². The van der Waals surface area contributed by atoms with E-state index in [4.69, 9.17) is 4.74 Å². The van der Waals surface area contributed by atoms with Crippen molar-refractivity contribution in [2.24, 2.45) is 5.92 Å². The van der Waals surface area contributed by atoms with Gasteiger partial charge in [-0.25, -0.2) is 22.8 Å². The third-order valence-electron chi connectivity index (χ3n) is 7.23. The average Bonchev–Trinajstić information content (AvgIpc) is 3.73. The zero-order valence-electron chi connectivity index (χ0n) is 23.6. The number of rotatable bonds is 10. The zero-order valence-corrected chi connectivity index (χ0v) is 25.7. The molecule has 1 aliphatic rings. The highest BCUT2D eigenvalue weighted by Crippen LogP contribution is 2.35. The van der Waals surface area contributed by atoms with Gasteiger partial charge in [0.25, 0.3) is 6.33 Å². The van der Waals surface area contributed by atoms with E-state index < -0.39 is 35.3 Å². The minimum absolute atomic E-state index is 0. The Morgan fingerprint density at radius 1 is 1.12 bits per heavy atom. The number of hydrogen-bond acceptors (Lipinski definition) is 8. The fourth-order valence-corrected chi connectivity index (χ4v) is 4.82. The Morgan fingerprint density at radius 3 is 2.49 bits per heavy atom. The molecule has 4 aromatic rings. The van der Waals surface area contributed by atoms with E-state index in [9.17, 15) is 19.1 Å². The Hall–Kier alpha value is -4.06. The van der Waals surface area contributed by atoms with E-state index in [1.807, 2.05) is 0 Å². The van der Waals surface area contributed by atoms with Crippen LogP contribution in [0, 0.1) is 17.6 Å². The summed E-state index contributed by atoms with van der Waals surface area (Å²) < 4.78 is 38.5. The highest BCUT2D eigenvalue weighted by molar-refractivity contribution is 5.94. The molecular weight excluding hydrogens is 679 g/mol. The van der Waals surface area contributed by atoms with Crippen molar-refractivity contribution in [1.82, 2.24) is 34.9 Å². The van der Waals surface area contributed by atoms with Gasteiger partial charge in [0.2, 0.25) is 13.1 Å². The Morgan fingerprint density at radius 2 is 1.84 bits per heavy atom. The maximum absolute atomic E-state index is 15.2. The van der Waals surface area contributed by atoms with Gasteiger partial charge in [-0.15, -0.1) is 9.78 Å². The predicted molar refractivity (Wildman–Crippen MR) is 142 cm³/mol. The molecule has 0 unspecified atom stereocenters. The van der Waals surface area contributed by atoms with E-state index in [2.05, 4.69) is 20.6 Å². The number of urea groups is 1. The monoisotopic (exact) mass is 709 g/mol. The van der Waals surface area contributed by atoms with Crippen molar-refractivity contribution in [3.63, 3.8) is 0 Å². The molecule has 2 aromatic heterocycles. The van der Waals surface area contributed by atoms with Crippen LogP contribution in [-0.2, 0) is 28.4 Å². The molecule has 2 aromatic carbocycles. The summed E-state index contributed by atoms with van der Waals surface area (Å²) in [5.41, 5.74) is -0.891. The third-order valence-corrected chi connectivity index (χ3v) is 7.23. The molecule has 2 amide bonds. The van der Waals surface area contributed by atoms with Crippen LogP contribution < -0.4 is 33.4 Å². The Kier molecular flexibility index (Phi) is 9.69. The third kappa shape index (κ3) is 6.64. The fraction of sp³-hybridized carbons (Fsp3) is 0.370. The standard InChI is InChI=1S/C27H30F2N9O4.HI/c1-18(2)25(39)42-17-34-15-31-35(16-34)13-27(41,23-9-4-20(28)12-24(23)29)19(3)36-10-11-37(26(36)40)21-5-7-22(8-6-21)38-14-30-32-33-38;/h4-9,12,14-16,18-19,41H,10-11,13,17H2,1-3H3;1H/q+1;/p-1/t19-,27-;/m1./s1. The SMILES string of the molecule is CC(C)C(=O)OC[n+]1cnn(C[C@](O)(c2ccc(F)cc2F)[C@@H](C)N2CCN(c3ccc(-n4cnnn4)cc3)C2=O)c1.[I-]. The Bertz CT molecular complexity index is 1570. The normalized spacial score (nSPS) is 15.4. The van der Waals surface area contributed by atoms with Crippen molar-refractivity contribution in [3.05, 3.63) is 78.6 Å². The second-order valence-electron chi connectivity index (χ2n) is 10.3. The van der Waals surface area contributed by atoms with E-state index in [0.717, 1.165) is 6.07 Å². The van der Waals surface area contributed by atoms with Crippen molar-refractivity contribution in [1.29, 1.82) is 0 Å². The van der Waals surface area contributed by atoms with Gasteiger partial charge in [0.1, 0.15) is 30.1 Å². The van der Waals surface area contributed by atoms with Crippen LogP contribution in [0.1, 0.15) is 26.3 Å². The Balaban J connectivity index is 0.00000423. The molecule has 228 valence electrons. The molecule has 43 heavy (non-hydrogen) atoms. The molecule has 16 heteroatoms. The van der Waals surface area contributed by atoms with Crippen LogP contribution in [0.25, 0.3) is 5.69 Å². The number of nitrogens with zero attached hydrogens (tertiary/aromatic N) is 9. The van der Waals surface area contributed by atoms with Gasteiger partial charge in [-0.1, -0.05) is 19.9 Å². The number of esters is 1. The number of anilines is 1. The lowest BCUT2D eigenvalue weighted by atomic mass is 9.85. The Labute approximate surface area is 262 Å². The van der Waals surface area contributed by atoms with Gasteiger partial charge in [-0.05, 0) is 47.7 Å². The van der Waals surface area contributed by atoms with E-state index in [0.29, 0.717) is 24.0 Å². The maximum Gasteiger partial charge on any atom is 0.324 e. The van der Waals surface area contributed by atoms with Crippen molar-refractivity contribution in [2.45, 2.75) is 45.7 Å². The summed E-state index contributed by atoms with van der Waals surface area (Å²) in [4.78, 5) is 28.4. The van der Waals surface area contributed by atoms with Gasteiger partial charge in [0.15, 0.2) is 0 Å². The number of ether oxygens (including phenoxy) is 1. The number of aliphatic hydroxyl groups is 1. The molecular formula is C27H30F2IN9O4. The maximum atomic E-state index is 15.2. The van der Waals surface area contributed by atoms with Crippen LogP contribution in [0.5, 0.6) is 0 Å². The van der Waals surface area contributed by atoms with Crippen LogP contribution in [0.4, 0.5) is 19.3 Å². The quantitative estimate of drug-likeness (QED) is 0.123. The molecule has 13 nitrogen and oxygen atoms in total. The van der Waals surface area contributed by atoms with Gasteiger partial charge in [0.05, 0.1) is 17.6 Å². The van der Waals surface area contributed by atoms with Crippen LogP contribution in [0.2, 0.25) is 0 Å². The summed E-state index contributed by atoms with van der Waals surface area (Å²) in [6.07, 6.45) is 4.33. The van der Waals surface area contributed by atoms with Crippen LogP contribution in [-0.4, -0.2) is 71.1 Å². The van der Waals surface area contributed by atoms with E-state index in [1.165, 1.54) is 43.9 Å². The second kappa shape index (κ2) is 13.1. The van der Waals surface area contributed by atoms with E-state index >= 15 is 4.39 Å². The van der Waals surface area contributed by atoms with Crippen molar-refractivity contribution < 1.29 is 56.8 Å². The topological polar surface area (TPSA) is 135 Å². The minimum atomic E-state index is -2.02. The summed E-state index contributed by atoms with van der Waals surface area (Å²) in [6, 6.07) is 8.58. The first kappa shape index (κ1) is 31.9. The summed E-state index contributed by atoms with van der Waals surface area (Å²) >= 11 is 0. The average molecular weight is 709 g/mol. The summed E-state index contributed by atoms with van der Waals surface area (Å²) in [5, 5.41) is 27.4. The number of carbonyl (C=O) groups excluding carboxylic acids is 2. The summed E-state index contributed by atoms with van der Waals surface area (Å²) in [7, 11) is 0. The number of hydrogen-bond donors (Lipinski definition) is 1. The molecule has 3 heterocycles. The molecule has 0 spiro atoms. The molecule has 1 aliphatic heterocycles. The molecule has 0 aliphatic carbocycles. The number of aromatic nitrogens is 7. The molecule has 0 radical (unpaired) electrons. The number of halogens is 3. The predicted octanol–water partition coefficient (Wildman–Crippen LogP) is -1.20. The zero-order chi connectivity index (χ0) is 30.0. The molecule has 2 atom stereocenters. The van der Waals surface area contributed by atoms with Gasteiger partial charge in [-0.3, -0.25) is 9.69 Å². The lowest BCUT2D eigenvalue weighted by Gasteiger charge is -2.38. The van der Waals surface area contributed by atoms with Crippen LogP contribution in [0.15, 0.2) is 61.4 Å². The lowest BCUT2D eigenvalue weighted by molar-refractivity contribution is -0.728. The number of benzene rings is 2. The molecule has 1 N–H and O–H groups in total. The molecule has 1 saturated heterocycles. The first-order valence-corrected chi connectivity index (χ1v) is 13.2. The highest BCUT2D eigenvalue weighted by Gasteiger charge is 2.47. The number of carbonyl (C=O) groups is 2. The van der Waals surface area contributed by atoms with E-state index in [1.54, 1.807) is 49.9 Å². The molecule has 0 bridgehead atoms. The second-order valence-corrected chi connectivity index (χ2v) is 10.3. The van der Waals surface area contributed by atoms with Crippen LogP contribution in [0.3, 0.4) is 0 Å². The molecule has 0 saturated carbocycles. The van der Waals surface area contributed by atoms with Crippen LogP contribution >= 0.6 is 0 Å². The highest BCUT2D eigenvalue weighted by atomic mass is 127. The number of tetrazole rings is 1. The first-order valence-electron chi connectivity index (χ1n) is 13.2. The van der Waals surface area contributed by atoms with E-state index in [-0.39, 0.29) is 55.3 Å². The van der Waals surface area contributed by atoms with Gasteiger partial charge in [-0.2, -0.15) is 0 Å². The van der Waals surface area contributed by atoms with Crippen molar-refractivity contribution in [2.75, 3.05) is 18.0 Å².